The molecule has 3 heterocycles. The van der Waals surface area contributed by atoms with E-state index in [0.29, 0.717) is 18.1 Å². The zero-order valence-electron chi connectivity index (χ0n) is 17.4. The molecular formula is C22H25FN6O. The molecule has 1 aromatic carbocycles. The molecule has 7 nitrogen and oxygen atoms in total. The largest absolute Gasteiger partial charge is 0.347 e. The molecule has 3 aromatic rings. The number of H-pyrrole nitrogens is 1. The van der Waals surface area contributed by atoms with E-state index in [1.165, 1.54) is 12.1 Å². The Hall–Kier alpha value is -3.29. The summed E-state index contributed by atoms with van der Waals surface area (Å²) in [6, 6.07) is 6.11. The molecule has 1 atom stereocenters. The topological polar surface area (TPSA) is 78.0 Å². The summed E-state index contributed by atoms with van der Waals surface area (Å²) in [5.41, 5.74) is 3.75. The van der Waals surface area contributed by atoms with Crippen molar-refractivity contribution in [2.24, 2.45) is 0 Å². The number of hydrogen-bond acceptors (Lipinski definition) is 5. The number of anilines is 1. The predicted molar refractivity (Wildman–Crippen MR) is 113 cm³/mol. The number of halogens is 1. The second-order valence-electron chi connectivity index (χ2n) is 7.79. The molecule has 0 aliphatic carbocycles. The van der Waals surface area contributed by atoms with Crippen LogP contribution in [0.2, 0.25) is 0 Å². The van der Waals surface area contributed by atoms with E-state index in [1.54, 1.807) is 24.5 Å². The quantitative estimate of drug-likeness (QED) is 0.711. The molecule has 0 saturated carbocycles. The van der Waals surface area contributed by atoms with Crippen LogP contribution in [-0.2, 0) is 0 Å². The first kappa shape index (κ1) is 20.0. The number of likely N-dealkylation sites (tertiary alicyclic amines) is 1. The Balaban J connectivity index is 1.81. The van der Waals surface area contributed by atoms with Crippen molar-refractivity contribution in [1.29, 1.82) is 0 Å². The number of aromatic nitrogens is 4. The van der Waals surface area contributed by atoms with Crippen LogP contribution < -0.4 is 4.90 Å². The van der Waals surface area contributed by atoms with E-state index in [2.05, 4.69) is 15.2 Å². The summed E-state index contributed by atoms with van der Waals surface area (Å²) in [7, 11) is 3.77. The van der Waals surface area contributed by atoms with Crippen molar-refractivity contribution in [3.63, 3.8) is 0 Å². The van der Waals surface area contributed by atoms with Gasteiger partial charge in [-0.05, 0) is 43.9 Å². The lowest BCUT2D eigenvalue weighted by Crippen LogP contribution is -2.39. The SMILES string of the molecule is Cc1[nH]ncc1C(=O)N1CCCC[C@@H]1c1nc(N(C)C)ncc1-c1ccc(F)cc1. The van der Waals surface area contributed by atoms with Crippen LogP contribution in [0.25, 0.3) is 11.1 Å². The molecule has 4 rings (SSSR count). The zero-order valence-corrected chi connectivity index (χ0v) is 17.4. The Kier molecular flexibility index (Phi) is 5.48. The number of carbonyl (C=O) groups is 1. The number of piperidine rings is 1. The molecule has 30 heavy (non-hydrogen) atoms. The molecule has 1 amide bonds. The van der Waals surface area contributed by atoms with Crippen LogP contribution in [0.5, 0.6) is 0 Å². The second-order valence-corrected chi connectivity index (χ2v) is 7.79. The van der Waals surface area contributed by atoms with E-state index in [-0.39, 0.29) is 17.8 Å². The Morgan fingerprint density at radius 2 is 1.97 bits per heavy atom. The first-order chi connectivity index (χ1) is 14.5. The van der Waals surface area contributed by atoms with Gasteiger partial charge in [-0.3, -0.25) is 9.89 Å². The third-order valence-electron chi connectivity index (χ3n) is 5.50. The van der Waals surface area contributed by atoms with Crippen molar-refractivity contribution in [2.75, 3.05) is 25.5 Å². The third-order valence-corrected chi connectivity index (χ3v) is 5.50. The van der Waals surface area contributed by atoms with Gasteiger partial charge in [0.1, 0.15) is 5.82 Å². The first-order valence-corrected chi connectivity index (χ1v) is 10.1. The fraction of sp³-hybridized carbons (Fsp3) is 0.364. The van der Waals surface area contributed by atoms with E-state index in [4.69, 9.17) is 4.98 Å². The highest BCUT2D eigenvalue weighted by atomic mass is 19.1. The lowest BCUT2D eigenvalue weighted by Gasteiger charge is -2.36. The molecule has 2 aromatic heterocycles. The number of amides is 1. The molecule has 1 fully saturated rings. The minimum absolute atomic E-state index is 0.0546. The Morgan fingerprint density at radius 1 is 1.20 bits per heavy atom. The van der Waals surface area contributed by atoms with Crippen LogP contribution >= 0.6 is 0 Å². The number of carbonyl (C=O) groups excluding carboxylic acids is 1. The van der Waals surface area contributed by atoms with Gasteiger partial charge in [-0.25, -0.2) is 14.4 Å². The molecule has 0 radical (unpaired) electrons. The van der Waals surface area contributed by atoms with Crippen LogP contribution in [0.15, 0.2) is 36.7 Å². The standard InChI is InChI=1S/C22H25FN6O/c1-14-17(13-25-27-14)21(30)29-11-5-4-6-19(29)20-18(12-24-22(26-20)28(2)3)15-7-9-16(23)10-8-15/h7-10,12-13,19H,4-6,11H2,1-3H3,(H,25,27)/t19-/m1/s1. The van der Waals surface area contributed by atoms with Crippen LogP contribution in [-0.4, -0.2) is 51.6 Å². The van der Waals surface area contributed by atoms with Crippen molar-refractivity contribution < 1.29 is 9.18 Å². The maximum atomic E-state index is 13.5. The summed E-state index contributed by atoms with van der Waals surface area (Å²) >= 11 is 0. The third kappa shape index (κ3) is 3.77. The number of nitrogens with zero attached hydrogens (tertiary/aromatic N) is 5. The maximum Gasteiger partial charge on any atom is 0.257 e. The summed E-state index contributed by atoms with van der Waals surface area (Å²) in [5.74, 6) is 0.227. The molecule has 1 N–H and O–H groups in total. The van der Waals surface area contributed by atoms with Crippen molar-refractivity contribution >= 4 is 11.9 Å². The molecule has 1 saturated heterocycles. The molecule has 1 aliphatic rings. The predicted octanol–water partition coefficient (Wildman–Crippen LogP) is 3.75. The van der Waals surface area contributed by atoms with Gasteiger partial charge in [0.05, 0.1) is 23.5 Å². The van der Waals surface area contributed by atoms with Crippen LogP contribution in [0.3, 0.4) is 0 Å². The Morgan fingerprint density at radius 3 is 2.63 bits per heavy atom. The molecule has 8 heteroatoms. The van der Waals surface area contributed by atoms with Crippen molar-refractivity contribution in [3.8, 4) is 11.1 Å². The van der Waals surface area contributed by atoms with Crippen LogP contribution in [0, 0.1) is 12.7 Å². The monoisotopic (exact) mass is 408 g/mol. The highest BCUT2D eigenvalue weighted by Crippen LogP contribution is 2.37. The number of benzene rings is 1. The number of nitrogens with one attached hydrogen (secondary N) is 1. The number of hydrogen-bond donors (Lipinski definition) is 1. The summed E-state index contributed by atoms with van der Waals surface area (Å²) in [4.78, 5) is 26.4. The van der Waals surface area contributed by atoms with E-state index in [0.717, 1.165) is 41.8 Å². The Labute approximate surface area is 175 Å². The van der Waals surface area contributed by atoms with Gasteiger partial charge < -0.3 is 9.80 Å². The number of aromatic amines is 1. The van der Waals surface area contributed by atoms with Gasteiger partial charge in [0.15, 0.2) is 0 Å². The number of aryl methyl sites for hydroxylation is 1. The van der Waals surface area contributed by atoms with Gasteiger partial charge in [-0.1, -0.05) is 12.1 Å². The molecule has 0 bridgehead atoms. The highest BCUT2D eigenvalue weighted by molar-refractivity contribution is 5.95. The highest BCUT2D eigenvalue weighted by Gasteiger charge is 2.33. The van der Waals surface area contributed by atoms with E-state index < -0.39 is 0 Å². The molecule has 0 unspecified atom stereocenters. The van der Waals surface area contributed by atoms with Gasteiger partial charge >= 0.3 is 0 Å². The Bertz CT molecular complexity index is 1050. The lowest BCUT2D eigenvalue weighted by molar-refractivity contribution is 0.0606. The van der Waals surface area contributed by atoms with Crippen molar-refractivity contribution in [2.45, 2.75) is 32.2 Å². The van der Waals surface area contributed by atoms with Crippen LogP contribution in [0.4, 0.5) is 10.3 Å². The van der Waals surface area contributed by atoms with Gasteiger partial charge in [-0.15, -0.1) is 0 Å². The normalized spacial score (nSPS) is 16.5. The van der Waals surface area contributed by atoms with Gasteiger partial charge in [0.25, 0.3) is 5.91 Å². The average Bonchev–Trinajstić information content (AvgIpc) is 3.19. The van der Waals surface area contributed by atoms with Gasteiger partial charge in [0, 0.05) is 38.1 Å². The zero-order chi connectivity index (χ0) is 21.3. The second kappa shape index (κ2) is 8.22. The summed E-state index contributed by atoms with van der Waals surface area (Å²) in [6.45, 7) is 2.50. The smallest absolute Gasteiger partial charge is 0.257 e. The minimum Gasteiger partial charge on any atom is -0.347 e. The summed E-state index contributed by atoms with van der Waals surface area (Å²) < 4.78 is 13.5. The summed E-state index contributed by atoms with van der Waals surface area (Å²) in [6.07, 6.45) is 6.10. The molecule has 156 valence electrons. The molecular weight excluding hydrogens is 383 g/mol. The van der Waals surface area contributed by atoms with E-state index >= 15 is 0 Å². The molecule has 1 aliphatic heterocycles. The van der Waals surface area contributed by atoms with Crippen molar-refractivity contribution in [3.05, 3.63) is 59.4 Å². The fourth-order valence-electron chi connectivity index (χ4n) is 3.89. The lowest BCUT2D eigenvalue weighted by atomic mass is 9.93. The van der Waals surface area contributed by atoms with Crippen LogP contribution in [0.1, 0.15) is 47.1 Å². The average molecular weight is 408 g/mol. The van der Waals surface area contributed by atoms with Gasteiger partial charge in [0.2, 0.25) is 5.95 Å². The maximum absolute atomic E-state index is 13.5. The minimum atomic E-state index is -0.295. The first-order valence-electron chi connectivity index (χ1n) is 10.1. The van der Waals surface area contributed by atoms with E-state index in [1.807, 2.05) is 30.8 Å². The molecule has 0 spiro atoms. The van der Waals surface area contributed by atoms with Gasteiger partial charge in [-0.2, -0.15) is 5.10 Å². The van der Waals surface area contributed by atoms with Crippen molar-refractivity contribution in [1.82, 2.24) is 25.1 Å². The number of rotatable bonds is 4. The fourth-order valence-corrected chi connectivity index (χ4v) is 3.89. The summed E-state index contributed by atoms with van der Waals surface area (Å²) in [5, 5.41) is 6.85. The van der Waals surface area contributed by atoms with E-state index in [9.17, 15) is 9.18 Å².